The maximum absolute atomic E-state index is 13.3. The Labute approximate surface area is 199 Å². The Balaban J connectivity index is 0.00000196. The van der Waals surface area contributed by atoms with E-state index in [1.165, 1.54) is 11.4 Å². The molecule has 2 aromatic carbocycles. The molecule has 0 aromatic heterocycles. The van der Waals surface area contributed by atoms with Crippen LogP contribution in [0.1, 0.15) is 25.0 Å². The fraction of sp³-hybridized carbons (Fsp3) is 0.300. The summed E-state index contributed by atoms with van der Waals surface area (Å²) in [5, 5.41) is 0. The van der Waals surface area contributed by atoms with E-state index in [1.54, 1.807) is 24.3 Å². The van der Waals surface area contributed by atoms with Crippen LogP contribution in [0, 0.1) is 19.3 Å². The smallest absolute Gasteiger partial charge is 1.00 e. The first-order valence-electron chi connectivity index (χ1n) is 8.48. The Morgan fingerprint density at radius 2 is 1.78 bits per heavy atom. The predicted octanol–water partition coefficient (Wildman–Crippen LogP) is 2.86. The third-order valence-corrected chi connectivity index (χ3v) is 6.57. The molecule has 0 N–H and O–H groups in total. The zero-order valence-electron chi connectivity index (χ0n) is 16.5. The first kappa shape index (κ1) is 22.6. The molecule has 1 unspecified atom stereocenters. The van der Waals surface area contributed by atoms with Gasteiger partial charge in [-0.3, -0.25) is 4.79 Å². The number of benzene rings is 2. The maximum atomic E-state index is 13.3. The minimum atomic E-state index is -3.75. The van der Waals surface area contributed by atoms with Crippen molar-refractivity contribution in [2.24, 2.45) is 5.92 Å². The van der Waals surface area contributed by atoms with Gasteiger partial charge in [-0.15, -0.1) is 0 Å². The molecule has 2 aromatic rings. The molecule has 1 fully saturated rings. The van der Waals surface area contributed by atoms with Crippen LogP contribution in [0.25, 0.3) is 0 Å². The molecular formula is C20H23NO4SSr. The van der Waals surface area contributed by atoms with Gasteiger partial charge in [0, 0.05) is 12.6 Å². The molecule has 0 radical (unpaired) electrons. The molecule has 1 heterocycles. The second kappa shape index (κ2) is 9.67. The van der Waals surface area contributed by atoms with Crippen LogP contribution in [0.15, 0.2) is 59.5 Å². The molecule has 140 valence electrons. The molecule has 7 heteroatoms. The number of aryl methyl sites for hydroxylation is 1. The van der Waals surface area contributed by atoms with E-state index in [-0.39, 0.29) is 64.4 Å². The summed E-state index contributed by atoms with van der Waals surface area (Å²) in [6.07, 6.45) is 2.31. The quantitative estimate of drug-likeness (QED) is 0.400. The average molecular weight is 461 g/mol. The summed E-state index contributed by atoms with van der Waals surface area (Å²) in [4.78, 5) is 12.2. The Morgan fingerprint density at radius 3 is 2.37 bits per heavy atom. The van der Waals surface area contributed by atoms with Crippen molar-refractivity contribution in [1.29, 1.82) is 0 Å². The fourth-order valence-corrected chi connectivity index (χ4v) is 4.87. The van der Waals surface area contributed by atoms with E-state index < -0.39 is 21.9 Å². The number of hydrogen-bond acceptors (Lipinski definition) is 4. The normalized spacial score (nSPS) is 20.5. The third kappa shape index (κ3) is 5.02. The summed E-state index contributed by atoms with van der Waals surface area (Å²) in [6, 6.07) is 15.9. The molecule has 1 aliphatic rings. The summed E-state index contributed by atoms with van der Waals surface area (Å²) >= 11 is 0. The molecule has 5 nitrogen and oxygen atoms in total. The van der Waals surface area contributed by atoms with Crippen molar-refractivity contribution in [1.82, 2.24) is 4.31 Å². The van der Waals surface area contributed by atoms with Crippen molar-refractivity contribution in [3.63, 3.8) is 0 Å². The van der Waals surface area contributed by atoms with E-state index in [2.05, 4.69) is 0 Å². The zero-order chi connectivity index (χ0) is 18.7. The van der Waals surface area contributed by atoms with Gasteiger partial charge in [0.05, 0.1) is 12.0 Å². The Bertz CT molecular complexity index is 875. The fourth-order valence-electron chi connectivity index (χ4n) is 3.22. The van der Waals surface area contributed by atoms with Crippen LogP contribution >= 0.6 is 0 Å². The van der Waals surface area contributed by atoms with Crippen LogP contribution in [0.5, 0.6) is 0 Å². The monoisotopic (exact) mass is 461 g/mol. The molecule has 1 saturated heterocycles. The van der Waals surface area contributed by atoms with Crippen molar-refractivity contribution in [2.75, 3.05) is 13.7 Å². The summed E-state index contributed by atoms with van der Waals surface area (Å²) in [7, 11) is -2.43. The number of rotatable bonds is 4. The molecule has 2 atom stereocenters. The van der Waals surface area contributed by atoms with Gasteiger partial charge >= 0.3 is 45.5 Å². The van der Waals surface area contributed by atoms with Crippen LogP contribution in [0.3, 0.4) is 0 Å². The molecular weight excluding hydrogens is 438 g/mol. The first-order valence-corrected chi connectivity index (χ1v) is 9.92. The molecule has 0 saturated carbocycles. The third-order valence-electron chi connectivity index (χ3n) is 4.68. The first-order chi connectivity index (χ1) is 12.4. The number of hydrogen-bond donors (Lipinski definition) is 0. The van der Waals surface area contributed by atoms with Gasteiger partial charge in [-0.05, 0) is 24.6 Å². The number of nitrogens with zero attached hydrogens (tertiary/aromatic N) is 1. The predicted molar refractivity (Wildman–Crippen MR) is 106 cm³/mol. The molecule has 0 amide bonds. The van der Waals surface area contributed by atoms with Gasteiger partial charge in [-0.25, -0.2) is 8.42 Å². The summed E-state index contributed by atoms with van der Waals surface area (Å²) in [6.45, 7) is 1.98. The van der Waals surface area contributed by atoms with Gasteiger partial charge in [0.2, 0.25) is 10.0 Å². The van der Waals surface area contributed by atoms with Crippen LogP contribution in [-0.4, -0.2) is 77.8 Å². The van der Waals surface area contributed by atoms with E-state index in [9.17, 15) is 13.2 Å². The van der Waals surface area contributed by atoms with Crippen molar-refractivity contribution < 1.29 is 19.4 Å². The number of piperidine rings is 1. The van der Waals surface area contributed by atoms with Crippen LogP contribution in [0.4, 0.5) is 0 Å². The second-order valence-electron chi connectivity index (χ2n) is 6.42. The van der Waals surface area contributed by atoms with E-state index in [0.717, 1.165) is 11.1 Å². The number of ether oxygens (including phenoxy) is 1. The molecule has 0 aliphatic carbocycles. The Hall–Kier alpha value is -0.699. The van der Waals surface area contributed by atoms with Gasteiger partial charge in [0.25, 0.3) is 5.97 Å². The van der Waals surface area contributed by atoms with Crippen molar-refractivity contribution >= 4 is 61.5 Å². The van der Waals surface area contributed by atoms with E-state index in [4.69, 9.17) is 4.74 Å². The average Bonchev–Trinajstić information content (AvgIpc) is 2.68. The van der Waals surface area contributed by atoms with Gasteiger partial charge < -0.3 is 12.6 Å². The zero-order valence-corrected chi connectivity index (χ0v) is 19.8. The number of carbonyl (C=O) groups excluding carboxylic acids is 1. The molecule has 0 spiro atoms. The number of methoxy groups -OCH3 is 1. The van der Waals surface area contributed by atoms with Crippen LogP contribution in [0.2, 0.25) is 0 Å². The topological polar surface area (TPSA) is 63.7 Å². The number of carbonyl (C=O) groups is 1. The minimum absolute atomic E-state index is 0. The Morgan fingerprint density at radius 1 is 1.15 bits per heavy atom. The van der Waals surface area contributed by atoms with E-state index in [1.807, 2.05) is 43.7 Å². The molecule has 3 rings (SSSR count). The van der Waals surface area contributed by atoms with E-state index >= 15 is 0 Å². The summed E-state index contributed by atoms with van der Waals surface area (Å²) in [5.74, 6) is -0.985. The van der Waals surface area contributed by atoms with Gasteiger partial charge in [-0.1, -0.05) is 53.9 Å². The van der Waals surface area contributed by atoms with Gasteiger partial charge in [0.1, 0.15) is 0 Å². The molecule has 0 bridgehead atoms. The molecule has 27 heavy (non-hydrogen) atoms. The number of sulfonamides is 1. The number of esters is 1. The van der Waals surface area contributed by atoms with E-state index in [0.29, 0.717) is 6.42 Å². The largest absolute Gasteiger partial charge is 2.00 e. The summed E-state index contributed by atoms with van der Waals surface area (Å²) in [5.41, 5.74) is 1.89. The van der Waals surface area contributed by atoms with Crippen molar-refractivity contribution in [3.8, 4) is 0 Å². The van der Waals surface area contributed by atoms with Gasteiger partial charge in [-0.2, -0.15) is 10.7 Å². The second-order valence-corrected chi connectivity index (χ2v) is 8.31. The van der Waals surface area contributed by atoms with Crippen LogP contribution < -0.4 is 0 Å². The SMILES string of the molecule is COC(=O)C1[CH-]C[C@H](c2ccccc2)N(S(=O)(=O)c2ccc(C)cc2)C1.[H-].[Sr+2]. The van der Waals surface area contributed by atoms with Crippen molar-refractivity contribution in [2.45, 2.75) is 24.3 Å². The van der Waals surface area contributed by atoms with Gasteiger partial charge in [0.15, 0.2) is 0 Å². The van der Waals surface area contributed by atoms with Crippen molar-refractivity contribution in [3.05, 3.63) is 72.1 Å². The Kier molecular flexibility index (Phi) is 8.09. The molecule has 1 aliphatic heterocycles. The minimum Gasteiger partial charge on any atom is -1.00 e. The maximum Gasteiger partial charge on any atom is 2.00 e. The van der Waals surface area contributed by atoms with Crippen LogP contribution in [-0.2, 0) is 19.6 Å². The standard InChI is InChI=1S/C20H22NO4S.Sr.H/c1-15-8-11-18(12-9-15)26(23,24)21-14-17(20(22)25-2)10-13-19(21)16-6-4-3-5-7-16;;/h3-12,17,19H,13-14H2,1-2H3;;/q-1;+2;-1/t17?,19-;;/m1../s1. The summed E-state index contributed by atoms with van der Waals surface area (Å²) < 4.78 is 32.8.